The van der Waals surface area contributed by atoms with Gasteiger partial charge < -0.3 is 10.0 Å². The topological polar surface area (TPSA) is 57.6 Å². The van der Waals surface area contributed by atoms with Crippen molar-refractivity contribution in [3.63, 3.8) is 0 Å². The molecule has 0 aliphatic carbocycles. The number of carboxylic acids is 1. The number of nitrogens with zero attached hydrogens (tertiary/aromatic N) is 1. The van der Waals surface area contributed by atoms with Gasteiger partial charge in [0.2, 0.25) is 0 Å². The molecule has 1 aliphatic rings. The number of carbonyl (C=O) groups excluding carboxylic acids is 1. The lowest BCUT2D eigenvalue weighted by Gasteiger charge is -2.24. The molecule has 1 aromatic carbocycles. The highest BCUT2D eigenvalue weighted by molar-refractivity contribution is 14.1. The number of likely N-dealkylation sites (tertiary alicyclic amines) is 1. The average molecular weight is 394 g/mol. The summed E-state index contributed by atoms with van der Waals surface area (Å²) in [4.78, 5) is 25.2. The molecule has 19 heavy (non-hydrogen) atoms. The number of hydrogen-bond acceptors (Lipinski definition) is 2. The minimum atomic E-state index is -0.949. The monoisotopic (exact) mass is 393 g/mol. The Morgan fingerprint density at radius 2 is 2.16 bits per heavy atom. The van der Waals surface area contributed by atoms with Crippen LogP contribution in [0.15, 0.2) is 18.2 Å². The van der Waals surface area contributed by atoms with Crippen molar-refractivity contribution in [1.82, 2.24) is 4.90 Å². The van der Waals surface area contributed by atoms with E-state index in [1.807, 2.05) is 6.92 Å². The summed E-state index contributed by atoms with van der Waals surface area (Å²) in [6.45, 7) is 2.33. The molecule has 1 amide bonds. The Kier molecular flexibility index (Phi) is 4.35. The van der Waals surface area contributed by atoms with Gasteiger partial charge in [0.15, 0.2) is 0 Å². The molecule has 1 fully saturated rings. The molecule has 1 aliphatic heterocycles. The first kappa shape index (κ1) is 14.6. The molecule has 0 bridgehead atoms. The van der Waals surface area contributed by atoms with Crippen molar-refractivity contribution >= 4 is 46.1 Å². The third-order valence-electron chi connectivity index (χ3n) is 3.37. The Morgan fingerprint density at radius 1 is 1.47 bits per heavy atom. The number of benzene rings is 1. The molecular formula is C13H13ClINO3. The SMILES string of the molecule is CC1CCN(C(=O)c2cc(Cl)ccc2I)C1C(=O)O. The van der Waals surface area contributed by atoms with Gasteiger partial charge in [0, 0.05) is 15.1 Å². The molecule has 0 radical (unpaired) electrons. The van der Waals surface area contributed by atoms with Crippen LogP contribution in [0.1, 0.15) is 23.7 Å². The van der Waals surface area contributed by atoms with Gasteiger partial charge in [-0.25, -0.2) is 4.79 Å². The summed E-state index contributed by atoms with van der Waals surface area (Å²) in [5, 5.41) is 9.73. The molecule has 1 aromatic rings. The largest absolute Gasteiger partial charge is 0.480 e. The van der Waals surface area contributed by atoms with Crippen LogP contribution in [0, 0.1) is 9.49 Å². The van der Waals surface area contributed by atoms with Gasteiger partial charge in [-0.05, 0) is 53.1 Å². The molecule has 2 atom stereocenters. The highest BCUT2D eigenvalue weighted by Crippen LogP contribution is 2.28. The van der Waals surface area contributed by atoms with E-state index in [0.717, 1.165) is 3.57 Å². The molecule has 6 heteroatoms. The Bertz CT molecular complexity index is 535. The summed E-state index contributed by atoms with van der Waals surface area (Å²) in [7, 11) is 0. The highest BCUT2D eigenvalue weighted by atomic mass is 127. The van der Waals surface area contributed by atoms with E-state index in [9.17, 15) is 14.7 Å². The number of amides is 1. The van der Waals surface area contributed by atoms with E-state index in [4.69, 9.17) is 11.6 Å². The van der Waals surface area contributed by atoms with Gasteiger partial charge in [-0.15, -0.1) is 0 Å². The summed E-state index contributed by atoms with van der Waals surface area (Å²) in [6.07, 6.45) is 0.708. The molecule has 102 valence electrons. The number of carboxylic acid groups (broad SMARTS) is 1. The average Bonchev–Trinajstić information content (AvgIpc) is 2.73. The summed E-state index contributed by atoms with van der Waals surface area (Å²) < 4.78 is 0.774. The van der Waals surface area contributed by atoms with Gasteiger partial charge in [0.05, 0.1) is 5.56 Å². The molecule has 1 saturated heterocycles. The number of halogens is 2. The van der Waals surface area contributed by atoms with Crippen LogP contribution >= 0.6 is 34.2 Å². The summed E-state index contributed by atoms with van der Waals surface area (Å²) in [6, 6.07) is 4.31. The lowest BCUT2D eigenvalue weighted by molar-refractivity contribution is -0.142. The predicted octanol–water partition coefficient (Wildman–Crippen LogP) is 2.88. The van der Waals surface area contributed by atoms with E-state index in [2.05, 4.69) is 22.6 Å². The number of rotatable bonds is 2. The second-order valence-electron chi connectivity index (χ2n) is 4.67. The second-order valence-corrected chi connectivity index (χ2v) is 6.27. The summed E-state index contributed by atoms with van der Waals surface area (Å²) in [5.41, 5.74) is 0.466. The lowest BCUT2D eigenvalue weighted by atomic mass is 10.0. The summed E-state index contributed by atoms with van der Waals surface area (Å²) in [5.74, 6) is -1.24. The minimum absolute atomic E-state index is 0.0294. The fraction of sp³-hybridized carbons (Fsp3) is 0.385. The maximum Gasteiger partial charge on any atom is 0.326 e. The van der Waals surface area contributed by atoms with Gasteiger partial charge in [0.1, 0.15) is 6.04 Å². The van der Waals surface area contributed by atoms with Crippen LogP contribution in [0.4, 0.5) is 0 Å². The van der Waals surface area contributed by atoms with Crippen LogP contribution < -0.4 is 0 Å². The minimum Gasteiger partial charge on any atom is -0.480 e. The smallest absolute Gasteiger partial charge is 0.326 e. The van der Waals surface area contributed by atoms with Crippen molar-refractivity contribution in [2.45, 2.75) is 19.4 Å². The number of hydrogen-bond donors (Lipinski definition) is 1. The zero-order valence-electron chi connectivity index (χ0n) is 10.3. The van der Waals surface area contributed by atoms with E-state index < -0.39 is 12.0 Å². The number of aliphatic carboxylic acids is 1. The Balaban J connectivity index is 2.33. The van der Waals surface area contributed by atoms with Gasteiger partial charge in [-0.3, -0.25) is 4.79 Å². The van der Waals surface area contributed by atoms with Gasteiger partial charge in [0.25, 0.3) is 5.91 Å². The van der Waals surface area contributed by atoms with Crippen molar-refractivity contribution in [1.29, 1.82) is 0 Å². The first-order chi connectivity index (χ1) is 8.91. The molecule has 2 rings (SSSR count). The van der Waals surface area contributed by atoms with E-state index in [0.29, 0.717) is 23.6 Å². The molecular weight excluding hydrogens is 381 g/mol. The quantitative estimate of drug-likeness (QED) is 0.786. The van der Waals surface area contributed by atoms with E-state index in [1.165, 1.54) is 4.90 Å². The van der Waals surface area contributed by atoms with Crippen molar-refractivity contribution in [2.75, 3.05) is 6.54 Å². The molecule has 4 nitrogen and oxygen atoms in total. The number of carbonyl (C=O) groups is 2. The molecule has 2 unspecified atom stereocenters. The van der Waals surface area contributed by atoms with E-state index >= 15 is 0 Å². The normalized spacial score (nSPS) is 22.6. The fourth-order valence-corrected chi connectivity index (χ4v) is 3.11. The molecule has 0 saturated carbocycles. The first-order valence-corrected chi connectivity index (χ1v) is 7.36. The van der Waals surface area contributed by atoms with E-state index in [-0.39, 0.29) is 11.8 Å². The van der Waals surface area contributed by atoms with Crippen molar-refractivity contribution in [3.05, 3.63) is 32.4 Å². The third kappa shape index (κ3) is 2.86. The fourth-order valence-electron chi connectivity index (χ4n) is 2.37. The zero-order valence-corrected chi connectivity index (χ0v) is 13.2. The van der Waals surface area contributed by atoms with Gasteiger partial charge in [-0.1, -0.05) is 18.5 Å². The maximum atomic E-state index is 12.5. The van der Waals surface area contributed by atoms with E-state index in [1.54, 1.807) is 18.2 Å². The molecule has 1 heterocycles. The maximum absolute atomic E-state index is 12.5. The van der Waals surface area contributed by atoms with Crippen LogP contribution in [0.5, 0.6) is 0 Å². The van der Waals surface area contributed by atoms with Crippen molar-refractivity contribution < 1.29 is 14.7 Å². The van der Waals surface area contributed by atoms with Crippen LogP contribution in [-0.4, -0.2) is 34.5 Å². The van der Waals surface area contributed by atoms with Crippen LogP contribution in [0.25, 0.3) is 0 Å². The van der Waals surface area contributed by atoms with Crippen LogP contribution in [0.2, 0.25) is 5.02 Å². The Labute approximate surface area is 129 Å². The standard InChI is InChI=1S/C13H13ClINO3/c1-7-4-5-16(11(7)13(18)19)12(17)9-6-8(14)2-3-10(9)15/h2-3,6-7,11H,4-5H2,1H3,(H,18,19). The van der Waals surface area contributed by atoms with Crippen LogP contribution in [-0.2, 0) is 4.79 Å². The second kappa shape index (κ2) is 5.66. The van der Waals surface area contributed by atoms with Crippen molar-refractivity contribution in [2.24, 2.45) is 5.92 Å². The zero-order chi connectivity index (χ0) is 14.2. The Hall–Kier alpha value is -0.820. The van der Waals surface area contributed by atoms with Gasteiger partial charge in [-0.2, -0.15) is 0 Å². The summed E-state index contributed by atoms with van der Waals surface area (Å²) >= 11 is 7.96. The molecule has 0 aromatic heterocycles. The van der Waals surface area contributed by atoms with Crippen molar-refractivity contribution in [3.8, 4) is 0 Å². The molecule has 1 N–H and O–H groups in total. The first-order valence-electron chi connectivity index (χ1n) is 5.90. The highest BCUT2D eigenvalue weighted by Gasteiger charge is 2.40. The van der Waals surface area contributed by atoms with Crippen LogP contribution in [0.3, 0.4) is 0 Å². The third-order valence-corrected chi connectivity index (χ3v) is 4.55. The van der Waals surface area contributed by atoms with Gasteiger partial charge >= 0.3 is 5.97 Å². The lowest BCUT2D eigenvalue weighted by Crippen LogP contribution is -2.43. The molecule has 0 spiro atoms. The Morgan fingerprint density at radius 3 is 2.79 bits per heavy atom. The predicted molar refractivity (Wildman–Crippen MR) is 80.4 cm³/mol.